The summed E-state index contributed by atoms with van der Waals surface area (Å²) < 4.78 is 0. The van der Waals surface area contributed by atoms with Gasteiger partial charge >= 0.3 is 0 Å². The van der Waals surface area contributed by atoms with Crippen LogP contribution in [0.15, 0.2) is 60.7 Å². The molecule has 0 spiro atoms. The number of rotatable bonds is 10. The van der Waals surface area contributed by atoms with E-state index in [2.05, 4.69) is 0 Å². The summed E-state index contributed by atoms with van der Waals surface area (Å²) in [7, 11) is 0. The topological polar surface area (TPSA) is 83.6 Å². The highest BCUT2D eigenvalue weighted by molar-refractivity contribution is 5.99. The molecular weight excluding hydrogens is 364 g/mol. The summed E-state index contributed by atoms with van der Waals surface area (Å²) in [6.07, 6.45) is 1.42. The summed E-state index contributed by atoms with van der Waals surface area (Å²) in [4.78, 5) is 25.1. The van der Waals surface area contributed by atoms with Crippen LogP contribution in [0.5, 0.6) is 0 Å². The number of nitrogens with two attached hydrogens (primary N) is 1. The molecule has 156 valence electrons. The fourth-order valence-electron chi connectivity index (χ4n) is 3.64. The van der Waals surface area contributed by atoms with Crippen molar-refractivity contribution in [3.63, 3.8) is 0 Å². The second-order valence-electron chi connectivity index (χ2n) is 8.06. The highest BCUT2D eigenvalue weighted by atomic mass is 16.5. The van der Waals surface area contributed by atoms with Gasteiger partial charge in [-0.2, -0.15) is 0 Å². The van der Waals surface area contributed by atoms with Crippen molar-refractivity contribution in [1.29, 1.82) is 0 Å². The van der Waals surface area contributed by atoms with E-state index in [4.69, 9.17) is 5.73 Å². The van der Waals surface area contributed by atoms with Gasteiger partial charge in [0, 0.05) is 5.92 Å². The average Bonchev–Trinajstić information content (AvgIpc) is 2.72. The zero-order chi connectivity index (χ0) is 21.4. The summed E-state index contributed by atoms with van der Waals surface area (Å²) >= 11 is 0. The molecule has 0 saturated carbocycles. The van der Waals surface area contributed by atoms with Gasteiger partial charge in [-0.1, -0.05) is 81.4 Å². The monoisotopic (exact) mass is 396 g/mol. The Morgan fingerprint density at radius 3 is 2.03 bits per heavy atom. The number of benzene rings is 2. The zero-order valence-electron chi connectivity index (χ0n) is 17.5. The maximum atomic E-state index is 13.0. The smallest absolute Gasteiger partial charge is 0.258 e. The van der Waals surface area contributed by atoms with Gasteiger partial charge in [0.2, 0.25) is 5.91 Å². The number of aryl methyl sites for hydroxylation is 1. The van der Waals surface area contributed by atoms with E-state index in [9.17, 15) is 14.8 Å². The first-order valence-electron chi connectivity index (χ1n) is 10.2. The third-order valence-corrected chi connectivity index (χ3v) is 5.36. The van der Waals surface area contributed by atoms with E-state index in [-0.39, 0.29) is 18.3 Å². The number of carbonyl (C=O) groups is 2. The van der Waals surface area contributed by atoms with Crippen LogP contribution < -0.4 is 5.73 Å². The van der Waals surface area contributed by atoms with Crippen molar-refractivity contribution >= 4 is 11.8 Å². The normalized spacial score (nSPS) is 14.2. The number of carbonyl (C=O) groups excluding carboxylic acids is 2. The Kier molecular flexibility index (Phi) is 8.40. The second kappa shape index (κ2) is 10.8. The SMILES string of the molecule is CC(C)CC(C(C)c1ccccc1)N(O)C(=O)C(CCc1ccccc1)C(N)=O. The minimum absolute atomic E-state index is 0.0878. The van der Waals surface area contributed by atoms with Crippen LogP contribution in [0, 0.1) is 11.8 Å². The number of primary amides is 1. The highest BCUT2D eigenvalue weighted by Gasteiger charge is 2.35. The molecule has 29 heavy (non-hydrogen) atoms. The van der Waals surface area contributed by atoms with Crippen LogP contribution in [-0.2, 0) is 16.0 Å². The van der Waals surface area contributed by atoms with Gasteiger partial charge in [-0.05, 0) is 36.3 Å². The van der Waals surface area contributed by atoms with Crippen molar-refractivity contribution in [3.05, 3.63) is 71.8 Å². The maximum absolute atomic E-state index is 13.0. The summed E-state index contributed by atoms with van der Waals surface area (Å²) in [6, 6.07) is 19.0. The molecule has 2 rings (SSSR count). The molecule has 2 aromatic carbocycles. The molecule has 0 fully saturated rings. The summed E-state index contributed by atoms with van der Waals surface area (Å²) in [5, 5.41) is 11.6. The molecule has 0 aliphatic rings. The van der Waals surface area contributed by atoms with Crippen LogP contribution in [0.3, 0.4) is 0 Å². The van der Waals surface area contributed by atoms with Crippen LogP contribution in [0.1, 0.15) is 50.7 Å². The third-order valence-electron chi connectivity index (χ3n) is 5.36. The van der Waals surface area contributed by atoms with E-state index in [1.807, 2.05) is 81.4 Å². The van der Waals surface area contributed by atoms with E-state index in [1.165, 1.54) is 0 Å². The van der Waals surface area contributed by atoms with E-state index in [1.54, 1.807) is 0 Å². The molecule has 5 heteroatoms. The van der Waals surface area contributed by atoms with Crippen LogP contribution in [0.4, 0.5) is 0 Å². The van der Waals surface area contributed by atoms with Gasteiger partial charge in [0.05, 0.1) is 6.04 Å². The lowest BCUT2D eigenvalue weighted by Crippen LogP contribution is -2.47. The molecule has 3 N–H and O–H groups in total. The Balaban J connectivity index is 2.18. The van der Waals surface area contributed by atoms with Crippen molar-refractivity contribution in [2.45, 2.75) is 52.0 Å². The molecule has 0 heterocycles. The molecule has 0 aromatic heterocycles. The third kappa shape index (κ3) is 6.43. The molecular formula is C24H32N2O3. The second-order valence-corrected chi connectivity index (χ2v) is 8.06. The Hall–Kier alpha value is -2.66. The van der Waals surface area contributed by atoms with E-state index in [0.29, 0.717) is 12.8 Å². The largest absolute Gasteiger partial charge is 0.369 e. The van der Waals surface area contributed by atoms with E-state index in [0.717, 1.165) is 16.2 Å². The lowest BCUT2D eigenvalue weighted by molar-refractivity contribution is -0.184. The first-order valence-corrected chi connectivity index (χ1v) is 10.2. The quantitative estimate of drug-likeness (QED) is 0.359. The van der Waals surface area contributed by atoms with Gasteiger partial charge in [-0.3, -0.25) is 14.8 Å². The molecule has 2 amide bonds. The van der Waals surface area contributed by atoms with Crippen molar-refractivity contribution < 1.29 is 14.8 Å². The van der Waals surface area contributed by atoms with Crippen LogP contribution >= 0.6 is 0 Å². The van der Waals surface area contributed by atoms with E-state index < -0.39 is 23.8 Å². The number of hydroxylamine groups is 2. The van der Waals surface area contributed by atoms with Crippen LogP contribution in [0.25, 0.3) is 0 Å². The number of nitrogens with zero attached hydrogens (tertiary/aromatic N) is 1. The first-order chi connectivity index (χ1) is 13.8. The number of hydrogen-bond donors (Lipinski definition) is 2. The molecule has 5 nitrogen and oxygen atoms in total. The molecule has 0 aliphatic heterocycles. The van der Waals surface area contributed by atoms with Gasteiger partial charge < -0.3 is 5.73 Å². The molecule has 2 aromatic rings. The predicted molar refractivity (Wildman–Crippen MR) is 114 cm³/mol. The Bertz CT molecular complexity index is 777. The van der Waals surface area contributed by atoms with Crippen molar-refractivity contribution in [2.24, 2.45) is 17.6 Å². The maximum Gasteiger partial charge on any atom is 0.258 e. The Morgan fingerprint density at radius 2 is 1.52 bits per heavy atom. The van der Waals surface area contributed by atoms with Crippen molar-refractivity contribution in [2.75, 3.05) is 0 Å². The molecule has 0 aliphatic carbocycles. The predicted octanol–water partition coefficient (Wildman–Crippen LogP) is 4.16. The Labute approximate surface area is 173 Å². The first kappa shape index (κ1) is 22.6. The van der Waals surface area contributed by atoms with Crippen molar-refractivity contribution in [3.8, 4) is 0 Å². The fraction of sp³-hybridized carbons (Fsp3) is 0.417. The molecule has 0 saturated heterocycles. The molecule has 3 atom stereocenters. The molecule has 3 unspecified atom stereocenters. The average molecular weight is 397 g/mol. The molecule has 0 radical (unpaired) electrons. The van der Waals surface area contributed by atoms with Crippen molar-refractivity contribution in [1.82, 2.24) is 5.06 Å². The highest BCUT2D eigenvalue weighted by Crippen LogP contribution is 2.28. The fourth-order valence-corrected chi connectivity index (χ4v) is 3.64. The van der Waals surface area contributed by atoms with Gasteiger partial charge in [0.25, 0.3) is 5.91 Å². The van der Waals surface area contributed by atoms with E-state index >= 15 is 0 Å². The summed E-state index contributed by atoms with van der Waals surface area (Å²) in [5.41, 5.74) is 7.58. The van der Waals surface area contributed by atoms with Gasteiger partial charge in [0.15, 0.2) is 0 Å². The summed E-state index contributed by atoms with van der Waals surface area (Å²) in [6.45, 7) is 6.08. The van der Waals surface area contributed by atoms with Crippen LogP contribution in [0.2, 0.25) is 0 Å². The lowest BCUT2D eigenvalue weighted by atomic mass is 9.87. The number of amides is 2. The Morgan fingerprint density at radius 1 is 0.966 bits per heavy atom. The van der Waals surface area contributed by atoms with Gasteiger partial charge in [0.1, 0.15) is 5.92 Å². The molecule has 0 bridgehead atoms. The lowest BCUT2D eigenvalue weighted by Gasteiger charge is -2.34. The van der Waals surface area contributed by atoms with Gasteiger partial charge in [-0.15, -0.1) is 0 Å². The van der Waals surface area contributed by atoms with Crippen LogP contribution in [-0.4, -0.2) is 28.1 Å². The minimum Gasteiger partial charge on any atom is -0.369 e. The minimum atomic E-state index is -1.06. The number of hydrogen-bond acceptors (Lipinski definition) is 3. The zero-order valence-corrected chi connectivity index (χ0v) is 17.5. The van der Waals surface area contributed by atoms with Gasteiger partial charge in [-0.25, -0.2) is 5.06 Å². The summed E-state index contributed by atoms with van der Waals surface area (Å²) in [5.74, 6) is -2.21. The standard InChI is InChI=1S/C24H32N2O3/c1-17(2)16-22(18(3)20-12-8-5-9-13-20)26(29)24(28)21(23(25)27)15-14-19-10-6-4-7-11-19/h4-13,17-18,21-22,29H,14-16H2,1-3H3,(H2,25,27).